The molecule has 6 heteroatoms. The van der Waals surface area contributed by atoms with Gasteiger partial charge < -0.3 is 25.2 Å². The summed E-state index contributed by atoms with van der Waals surface area (Å²) in [5.74, 6) is 0. The van der Waals surface area contributed by atoms with E-state index in [1.54, 1.807) is 7.11 Å². The van der Waals surface area contributed by atoms with Crippen molar-refractivity contribution in [1.29, 1.82) is 0 Å². The van der Waals surface area contributed by atoms with E-state index >= 15 is 0 Å². The summed E-state index contributed by atoms with van der Waals surface area (Å²) in [7, 11) is 1.59. The molecule has 18 heavy (non-hydrogen) atoms. The first-order chi connectivity index (χ1) is 8.39. The second-order valence-corrected chi connectivity index (χ2v) is 5.07. The van der Waals surface area contributed by atoms with E-state index in [9.17, 15) is 4.79 Å². The fourth-order valence-corrected chi connectivity index (χ4v) is 1.28. The highest BCUT2D eigenvalue weighted by Gasteiger charge is 2.15. The van der Waals surface area contributed by atoms with Gasteiger partial charge in [0.1, 0.15) is 5.60 Å². The first-order valence-electron chi connectivity index (χ1n) is 6.19. The standard InChI is InChI=1S/C12H26N2O4/c1-12(2,3)18-11(16)14-7-5-6-13-10(8-15)9-17-4/h10,13,15H,5-9H2,1-4H3,(H,14,16). The van der Waals surface area contributed by atoms with Crippen LogP contribution in [0.15, 0.2) is 0 Å². The van der Waals surface area contributed by atoms with E-state index in [4.69, 9.17) is 14.6 Å². The molecule has 0 saturated carbocycles. The minimum absolute atomic E-state index is 0.0351. The van der Waals surface area contributed by atoms with Crippen LogP contribution in [0.2, 0.25) is 0 Å². The summed E-state index contributed by atoms with van der Waals surface area (Å²) in [5, 5.41) is 14.8. The average Bonchev–Trinajstić information content (AvgIpc) is 2.24. The van der Waals surface area contributed by atoms with Crippen molar-refractivity contribution < 1.29 is 19.4 Å². The van der Waals surface area contributed by atoms with Crippen LogP contribution in [0, 0.1) is 0 Å². The summed E-state index contributed by atoms with van der Waals surface area (Å²) in [6, 6.07) is -0.0588. The molecular weight excluding hydrogens is 236 g/mol. The lowest BCUT2D eigenvalue weighted by molar-refractivity contribution is 0.0526. The van der Waals surface area contributed by atoms with Gasteiger partial charge in [0, 0.05) is 13.7 Å². The Morgan fingerprint density at radius 3 is 2.50 bits per heavy atom. The molecule has 0 aromatic heterocycles. The Balaban J connectivity index is 3.53. The Hall–Kier alpha value is -0.850. The molecule has 0 aliphatic carbocycles. The molecular formula is C12H26N2O4. The predicted molar refractivity (Wildman–Crippen MR) is 69.6 cm³/mol. The van der Waals surface area contributed by atoms with Crippen LogP contribution in [0.5, 0.6) is 0 Å². The molecule has 0 spiro atoms. The normalized spacial score (nSPS) is 13.2. The van der Waals surface area contributed by atoms with Gasteiger partial charge in [0.2, 0.25) is 0 Å². The monoisotopic (exact) mass is 262 g/mol. The molecule has 0 aromatic rings. The van der Waals surface area contributed by atoms with Crippen LogP contribution < -0.4 is 10.6 Å². The summed E-state index contributed by atoms with van der Waals surface area (Å²) in [6.45, 7) is 7.21. The molecule has 6 nitrogen and oxygen atoms in total. The van der Waals surface area contributed by atoms with Crippen molar-refractivity contribution in [3.8, 4) is 0 Å². The van der Waals surface area contributed by atoms with Crippen molar-refractivity contribution >= 4 is 6.09 Å². The molecule has 0 aromatic carbocycles. The molecule has 0 aliphatic heterocycles. The van der Waals surface area contributed by atoms with Gasteiger partial charge in [-0.1, -0.05) is 0 Å². The lowest BCUT2D eigenvalue weighted by Crippen LogP contribution is -2.38. The van der Waals surface area contributed by atoms with Gasteiger partial charge in [0.15, 0.2) is 0 Å². The minimum Gasteiger partial charge on any atom is -0.444 e. The molecule has 0 rings (SSSR count). The zero-order valence-electron chi connectivity index (χ0n) is 11.8. The zero-order valence-corrected chi connectivity index (χ0v) is 11.8. The van der Waals surface area contributed by atoms with E-state index < -0.39 is 11.7 Å². The molecule has 0 saturated heterocycles. The number of hydrogen-bond acceptors (Lipinski definition) is 5. The number of aliphatic hydroxyl groups is 1. The Labute approximate surface area is 109 Å². The van der Waals surface area contributed by atoms with Gasteiger partial charge in [-0.2, -0.15) is 0 Å². The van der Waals surface area contributed by atoms with E-state index in [2.05, 4.69) is 10.6 Å². The summed E-state index contributed by atoms with van der Waals surface area (Å²) >= 11 is 0. The number of ether oxygens (including phenoxy) is 2. The maximum Gasteiger partial charge on any atom is 0.407 e. The number of carbonyl (C=O) groups is 1. The topological polar surface area (TPSA) is 79.8 Å². The van der Waals surface area contributed by atoms with Crippen molar-refractivity contribution in [2.45, 2.75) is 38.8 Å². The van der Waals surface area contributed by atoms with E-state index in [1.165, 1.54) is 0 Å². The maximum atomic E-state index is 11.3. The highest BCUT2D eigenvalue weighted by atomic mass is 16.6. The number of amides is 1. The number of hydrogen-bond donors (Lipinski definition) is 3. The van der Waals surface area contributed by atoms with Crippen molar-refractivity contribution in [2.24, 2.45) is 0 Å². The third-order valence-electron chi connectivity index (χ3n) is 2.04. The van der Waals surface area contributed by atoms with Crippen molar-refractivity contribution in [3.05, 3.63) is 0 Å². The molecule has 1 unspecified atom stereocenters. The highest BCUT2D eigenvalue weighted by molar-refractivity contribution is 5.67. The van der Waals surface area contributed by atoms with Crippen LogP contribution in [-0.4, -0.2) is 56.3 Å². The minimum atomic E-state index is -0.469. The van der Waals surface area contributed by atoms with E-state index in [0.717, 1.165) is 6.42 Å². The molecule has 0 heterocycles. The predicted octanol–water partition coefficient (Wildman–Crippen LogP) is 0.498. The number of nitrogens with one attached hydrogen (secondary N) is 2. The molecule has 0 radical (unpaired) electrons. The number of alkyl carbamates (subject to hydrolysis) is 1. The van der Waals surface area contributed by atoms with Gasteiger partial charge >= 0.3 is 6.09 Å². The maximum absolute atomic E-state index is 11.3. The van der Waals surface area contributed by atoms with Crippen molar-refractivity contribution in [1.82, 2.24) is 10.6 Å². The quantitative estimate of drug-likeness (QED) is 0.555. The summed E-state index contributed by atoms with van der Waals surface area (Å²) < 4.78 is 10.0. The van der Waals surface area contributed by atoms with Gasteiger partial charge in [-0.25, -0.2) is 4.79 Å². The lowest BCUT2D eigenvalue weighted by atomic mass is 10.2. The second kappa shape index (κ2) is 9.13. The summed E-state index contributed by atoms with van der Waals surface area (Å²) in [5.41, 5.74) is -0.469. The molecule has 1 atom stereocenters. The number of aliphatic hydroxyl groups excluding tert-OH is 1. The van der Waals surface area contributed by atoms with Crippen LogP contribution in [0.4, 0.5) is 4.79 Å². The Bertz CT molecular complexity index is 229. The Morgan fingerprint density at radius 2 is 2.00 bits per heavy atom. The third kappa shape index (κ3) is 10.3. The number of rotatable bonds is 8. The summed E-state index contributed by atoms with van der Waals surface area (Å²) in [6.07, 6.45) is 0.359. The smallest absolute Gasteiger partial charge is 0.407 e. The van der Waals surface area contributed by atoms with E-state index in [0.29, 0.717) is 19.7 Å². The van der Waals surface area contributed by atoms with Gasteiger partial charge in [-0.15, -0.1) is 0 Å². The van der Waals surface area contributed by atoms with Crippen LogP contribution in [0.3, 0.4) is 0 Å². The third-order valence-corrected chi connectivity index (χ3v) is 2.04. The van der Waals surface area contributed by atoms with Gasteiger partial charge in [0.25, 0.3) is 0 Å². The van der Waals surface area contributed by atoms with Crippen molar-refractivity contribution in [2.75, 3.05) is 33.4 Å². The van der Waals surface area contributed by atoms with Crippen LogP contribution >= 0.6 is 0 Å². The molecule has 0 fully saturated rings. The first-order valence-corrected chi connectivity index (χ1v) is 6.19. The Morgan fingerprint density at radius 1 is 1.33 bits per heavy atom. The Kier molecular flexibility index (Phi) is 8.70. The van der Waals surface area contributed by atoms with Crippen LogP contribution in [-0.2, 0) is 9.47 Å². The van der Waals surface area contributed by atoms with E-state index in [1.807, 2.05) is 20.8 Å². The van der Waals surface area contributed by atoms with Gasteiger partial charge in [-0.3, -0.25) is 0 Å². The zero-order chi connectivity index (χ0) is 14.0. The first kappa shape index (κ1) is 17.2. The fourth-order valence-electron chi connectivity index (χ4n) is 1.28. The number of methoxy groups -OCH3 is 1. The number of carbonyl (C=O) groups excluding carboxylic acids is 1. The summed E-state index contributed by atoms with van der Waals surface area (Å²) in [4.78, 5) is 11.3. The van der Waals surface area contributed by atoms with Gasteiger partial charge in [0.05, 0.1) is 19.3 Å². The molecule has 0 bridgehead atoms. The fraction of sp³-hybridized carbons (Fsp3) is 0.917. The molecule has 1 amide bonds. The second-order valence-electron chi connectivity index (χ2n) is 5.07. The van der Waals surface area contributed by atoms with Crippen LogP contribution in [0.25, 0.3) is 0 Å². The van der Waals surface area contributed by atoms with Crippen LogP contribution in [0.1, 0.15) is 27.2 Å². The SMILES string of the molecule is COCC(CO)NCCCNC(=O)OC(C)(C)C. The lowest BCUT2D eigenvalue weighted by Gasteiger charge is -2.20. The molecule has 3 N–H and O–H groups in total. The highest BCUT2D eigenvalue weighted by Crippen LogP contribution is 2.06. The molecule has 108 valence electrons. The largest absolute Gasteiger partial charge is 0.444 e. The van der Waals surface area contributed by atoms with Gasteiger partial charge in [-0.05, 0) is 33.7 Å². The average molecular weight is 262 g/mol. The van der Waals surface area contributed by atoms with E-state index in [-0.39, 0.29) is 12.6 Å². The van der Waals surface area contributed by atoms with Crippen molar-refractivity contribution in [3.63, 3.8) is 0 Å². The molecule has 0 aliphatic rings.